The summed E-state index contributed by atoms with van der Waals surface area (Å²) in [7, 11) is -0.481. The van der Waals surface area contributed by atoms with Gasteiger partial charge in [0.25, 0.3) is 0 Å². The van der Waals surface area contributed by atoms with Crippen molar-refractivity contribution in [2.75, 3.05) is 19.1 Å². The summed E-state index contributed by atoms with van der Waals surface area (Å²) in [4.78, 5) is 2.99. The van der Waals surface area contributed by atoms with Gasteiger partial charge in [-0.2, -0.15) is 0 Å². The highest BCUT2D eigenvalue weighted by atomic mass is 32.2. The average Bonchev–Trinajstić information content (AvgIpc) is 3.14. The molecule has 1 saturated carbocycles. The lowest BCUT2D eigenvalue weighted by molar-refractivity contribution is 0.118. The van der Waals surface area contributed by atoms with E-state index in [-0.39, 0.29) is 11.1 Å². The van der Waals surface area contributed by atoms with Gasteiger partial charge in [0.05, 0.1) is 0 Å². The van der Waals surface area contributed by atoms with Crippen molar-refractivity contribution in [1.29, 1.82) is 0 Å². The van der Waals surface area contributed by atoms with E-state index in [9.17, 15) is 8.78 Å². The Hall–Kier alpha value is -0.610. The molecule has 0 unspecified atom stereocenters. The Morgan fingerprint density at radius 1 is 1.14 bits per heavy atom. The Morgan fingerprint density at radius 2 is 1.67 bits per heavy atom. The molecule has 1 fully saturated rings. The van der Waals surface area contributed by atoms with Crippen LogP contribution >= 0.6 is 10.9 Å². The van der Waals surface area contributed by atoms with Crippen LogP contribution < -0.4 is 0 Å². The second kappa shape index (κ2) is 6.25. The molecular weight excluding hydrogens is 288 g/mol. The SMILES string of the molecule is C[SH](C)c1cc(F)c(CN(CC2CC2)C(C)(C)C)c(F)c1. The van der Waals surface area contributed by atoms with Gasteiger partial charge in [-0.25, -0.2) is 19.7 Å². The molecule has 1 aromatic rings. The number of nitrogens with zero attached hydrogens (tertiary/aromatic N) is 1. The number of thiol groups is 1. The van der Waals surface area contributed by atoms with E-state index in [1.54, 1.807) is 0 Å². The van der Waals surface area contributed by atoms with Gasteiger partial charge >= 0.3 is 0 Å². The van der Waals surface area contributed by atoms with Gasteiger partial charge in [-0.1, -0.05) is 0 Å². The lowest BCUT2D eigenvalue weighted by atomic mass is 10.0. The van der Waals surface area contributed by atoms with E-state index in [2.05, 4.69) is 25.7 Å². The van der Waals surface area contributed by atoms with Crippen LogP contribution in [0.1, 0.15) is 39.2 Å². The van der Waals surface area contributed by atoms with Crippen LogP contribution in [0.5, 0.6) is 0 Å². The van der Waals surface area contributed by atoms with Crippen LogP contribution in [-0.2, 0) is 6.54 Å². The van der Waals surface area contributed by atoms with E-state index in [0.29, 0.717) is 12.5 Å². The first-order valence-electron chi connectivity index (χ1n) is 7.59. The monoisotopic (exact) mass is 315 g/mol. The van der Waals surface area contributed by atoms with Crippen molar-refractivity contribution in [2.45, 2.75) is 50.6 Å². The van der Waals surface area contributed by atoms with Crippen molar-refractivity contribution in [1.82, 2.24) is 4.90 Å². The Morgan fingerprint density at radius 3 is 2.05 bits per heavy atom. The Labute approximate surface area is 130 Å². The van der Waals surface area contributed by atoms with Crippen molar-refractivity contribution < 1.29 is 8.78 Å². The van der Waals surface area contributed by atoms with E-state index in [4.69, 9.17) is 0 Å². The number of rotatable bonds is 5. The lowest BCUT2D eigenvalue weighted by Crippen LogP contribution is -2.42. The molecule has 0 N–H and O–H groups in total. The topological polar surface area (TPSA) is 3.24 Å². The summed E-state index contributed by atoms with van der Waals surface area (Å²) in [6, 6.07) is 3.03. The standard InChI is InChI=1S/C17H27F2NS/c1-17(2,3)20(10-12-6-7-12)11-14-15(18)8-13(21(4)5)9-16(14)19/h8-9,12,21H,6-7,10-11H2,1-5H3. The minimum Gasteiger partial charge on any atom is -0.294 e. The van der Waals surface area contributed by atoms with Gasteiger partial charge < -0.3 is 0 Å². The van der Waals surface area contributed by atoms with Crippen molar-refractivity contribution in [3.8, 4) is 0 Å². The smallest absolute Gasteiger partial charge is 0.131 e. The third-order valence-electron chi connectivity index (χ3n) is 4.12. The van der Waals surface area contributed by atoms with Crippen molar-refractivity contribution in [3.05, 3.63) is 29.3 Å². The number of hydrogen-bond donors (Lipinski definition) is 1. The summed E-state index contributed by atoms with van der Waals surface area (Å²) in [5.41, 5.74) is 0.133. The minimum absolute atomic E-state index is 0.0811. The fourth-order valence-corrected chi connectivity index (χ4v) is 3.12. The van der Waals surface area contributed by atoms with Gasteiger partial charge in [0.15, 0.2) is 0 Å². The molecule has 0 aromatic heterocycles. The zero-order chi connectivity index (χ0) is 15.8. The third kappa shape index (κ3) is 4.43. The molecule has 1 aliphatic rings. The molecule has 120 valence electrons. The Balaban J connectivity index is 2.23. The summed E-state index contributed by atoms with van der Waals surface area (Å²) >= 11 is 0. The molecule has 0 amide bonds. The molecule has 0 spiro atoms. The summed E-state index contributed by atoms with van der Waals surface area (Å²) in [5, 5.41) is 0. The highest BCUT2D eigenvalue weighted by Crippen LogP contribution is 2.35. The van der Waals surface area contributed by atoms with Crippen molar-refractivity contribution in [3.63, 3.8) is 0 Å². The fourth-order valence-electron chi connectivity index (χ4n) is 2.38. The molecule has 0 atom stereocenters. The molecular formula is C17H27F2NS. The van der Waals surface area contributed by atoms with E-state index in [1.165, 1.54) is 25.0 Å². The van der Waals surface area contributed by atoms with Crippen LogP contribution in [0.25, 0.3) is 0 Å². The third-order valence-corrected chi connectivity index (χ3v) is 5.41. The van der Waals surface area contributed by atoms with Crippen LogP contribution in [0.3, 0.4) is 0 Å². The van der Waals surface area contributed by atoms with Crippen molar-refractivity contribution >= 4 is 10.9 Å². The molecule has 1 nitrogen and oxygen atoms in total. The minimum atomic E-state index is -0.481. The second-order valence-electron chi connectivity index (χ2n) is 7.28. The number of benzene rings is 1. The molecule has 0 heterocycles. The highest BCUT2D eigenvalue weighted by Gasteiger charge is 2.31. The average molecular weight is 315 g/mol. The first-order valence-corrected chi connectivity index (χ1v) is 9.82. The maximum atomic E-state index is 14.3. The van der Waals surface area contributed by atoms with Gasteiger partial charge in [0.1, 0.15) is 11.6 Å². The van der Waals surface area contributed by atoms with Gasteiger partial charge in [0.2, 0.25) is 0 Å². The summed E-state index contributed by atoms with van der Waals surface area (Å²) in [6.45, 7) is 7.60. The molecule has 1 aromatic carbocycles. The number of hydrogen-bond acceptors (Lipinski definition) is 1. The zero-order valence-corrected chi connectivity index (χ0v) is 14.6. The van der Waals surface area contributed by atoms with Crippen LogP contribution in [-0.4, -0.2) is 29.5 Å². The van der Waals surface area contributed by atoms with Crippen LogP contribution in [0.4, 0.5) is 8.78 Å². The number of halogens is 2. The predicted octanol–water partition coefficient (Wildman–Crippen LogP) is 4.60. The second-order valence-corrected chi connectivity index (χ2v) is 9.58. The molecule has 0 radical (unpaired) electrons. The molecule has 0 aliphatic heterocycles. The largest absolute Gasteiger partial charge is 0.294 e. The fraction of sp³-hybridized carbons (Fsp3) is 0.647. The molecule has 4 heteroatoms. The van der Waals surface area contributed by atoms with Crippen LogP contribution in [0.15, 0.2) is 17.0 Å². The Kier molecular flexibility index (Phi) is 4.99. The van der Waals surface area contributed by atoms with Gasteiger partial charge in [-0.05, 0) is 69.1 Å². The molecule has 21 heavy (non-hydrogen) atoms. The summed E-state index contributed by atoms with van der Waals surface area (Å²) < 4.78 is 28.6. The quantitative estimate of drug-likeness (QED) is 0.778. The molecule has 2 rings (SSSR count). The maximum absolute atomic E-state index is 14.3. The summed E-state index contributed by atoms with van der Waals surface area (Å²) in [6.07, 6.45) is 6.51. The highest BCUT2D eigenvalue weighted by molar-refractivity contribution is 8.15. The van der Waals surface area contributed by atoms with E-state index >= 15 is 0 Å². The van der Waals surface area contributed by atoms with Crippen molar-refractivity contribution in [2.24, 2.45) is 5.92 Å². The normalized spacial score (nSPS) is 16.5. The predicted molar refractivity (Wildman–Crippen MR) is 88.3 cm³/mol. The first-order chi connectivity index (χ1) is 9.68. The van der Waals surface area contributed by atoms with Crippen LogP contribution in [0.2, 0.25) is 0 Å². The van der Waals surface area contributed by atoms with E-state index in [0.717, 1.165) is 11.4 Å². The van der Waals surface area contributed by atoms with Gasteiger partial charge in [-0.15, -0.1) is 0 Å². The zero-order valence-electron chi connectivity index (χ0n) is 13.7. The molecule has 0 saturated heterocycles. The van der Waals surface area contributed by atoms with Gasteiger partial charge in [-0.3, -0.25) is 4.90 Å². The first kappa shape index (κ1) is 16.8. The van der Waals surface area contributed by atoms with Crippen LogP contribution in [0, 0.1) is 17.6 Å². The summed E-state index contributed by atoms with van der Waals surface area (Å²) in [5.74, 6) is -0.0914. The van der Waals surface area contributed by atoms with E-state index < -0.39 is 22.5 Å². The maximum Gasteiger partial charge on any atom is 0.131 e. The lowest BCUT2D eigenvalue weighted by Gasteiger charge is -2.36. The molecule has 1 aliphatic carbocycles. The molecule has 0 bridgehead atoms. The van der Waals surface area contributed by atoms with E-state index in [1.807, 2.05) is 12.5 Å². The van der Waals surface area contributed by atoms with Gasteiger partial charge in [0, 0.05) is 24.2 Å². The Bertz CT molecular complexity index is 481.